The van der Waals surface area contributed by atoms with Gasteiger partial charge in [0.05, 0.1) is 30.4 Å². The molecule has 32 heavy (non-hydrogen) atoms. The Hall–Kier alpha value is -2.70. The molecule has 0 radical (unpaired) electrons. The summed E-state index contributed by atoms with van der Waals surface area (Å²) in [5, 5.41) is 2.92. The zero-order chi connectivity index (χ0) is 23.1. The quantitative estimate of drug-likeness (QED) is 0.411. The van der Waals surface area contributed by atoms with Gasteiger partial charge in [-0.2, -0.15) is 0 Å². The maximum atomic E-state index is 12.5. The number of aromatic nitrogens is 1. The number of ether oxygens (including phenoxy) is 3. The van der Waals surface area contributed by atoms with E-state index in [-0.39, 0.29) is 36.8 Å². The number of fused-ring (bicyclic) bond motifs is 1. The summed E-state index contributed by atoms with van der Waals surface area (Å²) < 4.78 is 43.5. The highest BCUT2D eigenvalue weighted by molar-refractivity contribution is 7.89. The van der Waals surface area contributed by atoms with E-state index in [9.17, 15) is 18.0 Å². The Morgan fingerprint density at radius 2 is 1.97 bits per heavy atom. The number of carbonyl (C=O) groups excluding carboxylic acids is 2. The van der Waals surface area contributed by atoms with Crippen LogP contribution in [0.5, 0.6) is 11.5 Å². The van der Waals surface area contributed by atoms with Crippen LogP contribution in [-0.4, -0.2) is 51.6 Å². The highest BCUT2D eigenvalue weighted by Gasteiger charge is 2.20. The molecule has 1 aromatic heterocycles. The van der Waals surface area contributed by atoms with Gasteiger partial charge in [-0.25, -0.2) is 22.9 Å². The van der Waals surface area contributed by atoms with Crippen LogP contribution < -0.4 is 19.5 Å². The summed E-state index contributed by atoms with van der Waals surface area (Å²) in [5.41, 5.74) is 0.478. The number of benzene rings is 1. The second-order valence-corrected chi connectivity index (χ2v) is 9.63. The van der Waals surface area contributed by atoms with Crippen LogP contribution in [0.2, 0.25) is 0 Å². The normalized spacial score (nSPS) is 13.3. The fraction of sp³-hybridized carbons (Fsp3) is 0.450. The number of hydrogen-bond donors (Lipinski definition) is 2. The van der Waals surface area contributed by atoms with Crippen LogP contribution in [0.3, 0.4) is 0 Å². The molecule has 1 aromatic carbocycles. The lowest BCUT2D eigenvalue weighted by atomic mass is 10.3. The highest BCUT2D eigenvalue weighted by Crippen LogP contribution is 2.31. The van der Waals surface area contributed by atoms with E-state index in [1.54, 1.807) is 19.9 Å². The van der Waals surface area contributed by atoms with E-state index in [0.717, 1.165) is 17.8 Å². The standard InChI is InChI=1S/C20H25N3O7S2/c1-3-28-19(25)18-13(2)22-20(31-18)23-17(24)6-4-9-21-32(26,27)14-7-8-15-16(12-14)30-11-5-10-29-15/h7-8,12,21H,3-6,9-11H2,1-2H3,(H,22,23,24). The third kappa shape index (κ3) is 6.17. The lowest BCUT2D eigenvalue weighted by Gasteiger charge is -2.11. The second kappa shape index (κ2) is 10.7. The average Bonchev–Trinajstić information content (AvgIpc) is 2.96. The molecule has 2 N–H and O–H groups in total. The molecule has 1 aliphatic heterocycles. The third-order valence-electron chi connectivity index (χ3n) is 4.41. The number of thiazole rings is 1. The van der Waals surface area contributed by atoms with Crippen molar-refractivity contribution in [1.82, 2.24) is 9.71 Å². The number of aryl methyl sites for hydroxylation is 1. The zero-order valence-electron chi connectivity index (χ0n) is 17.8. The molecule has 12 heteroatoms. The monoisotopic (exact) mass is 483 g/mol. The lowest BCUT2D eigenvalue weighted by Crippen LogP contribution is -2.25. The summed E-state index contributed by atoms with van der Waals surface area (Å²) in [7, 11) is -3.76. The van der Waals surface area contributed by atoms with Crippen LogP contribution in [0.15, 0.2) is 23.1 Å². The number of hydrogen-bond acceptors (Lipinski definition) is 9. The summed E-state index contributed by atoms with van der Waals surface area (Å²) in [6.45, 7) is 4.67. The van der Waals surface area contributed by atoms with Crippen molar-refractivity contribution < 1.29 is 32.2 Å². The first-order valence-corrected chi connectivity index (χ1v) is 12.4. The number of carbonyl (C=O) groups is 2. The smallest absolute Gasteiger partial charge is 0.350 e. The Kier molecular flexibility index (Phi) is 8.04. The molecule has 0 saturated carbocycles. The Morgan fingerprint density at radius 1 is 1.22 bits per heavy atom. The van der Waals surface area contributed by atoms with E-state index in [2.05, 4.69) is 15.0 Å². The maximum Gasteiger partial charge on any atom is 0.350 e. The van der Waals surface area contributed by atoms with Crippen molar-refractivity contribution >= 4 is 38.4 Å². The molecule has 0 aliphatic carbocycles. The van der Waals surface area contributed by atoms with Gasteiger partial charge in [0.1, 0.15) is 4.88 Å². The minimum absolute atomic E-state index is 0.0657. The molecule has 0 spiro atoms. The first-order valence-electron chi connectivity index (χ1n) is 10.1. The maximum absolute atomic E-state index is 12.5. The average molecular weight is 484 g/mol. The van der Waals surface area contributed by atoms with Crippen molar-refractivity contribution in [2.75, 3.05) is 31.7 Å². The molecular formula is C20H25N3O7S2. The van der Waals surface area contributed by atoms with Crippen LogP contribution in [0.1, 0.15) is 41.6 Å². The largest absolute Gasteiger partial charge is 0.490 e. The predicted molar refractivity (Wildman–Crippen MR) is 118 cm³/mol. The molecule has 0 saturated heterocycles. The molecule has 0 fully saturated rings. The molecular weight excluding hydrogens is 458 g/mol. The van der Waals surface area contributed by atoms with Gasteiger partial charge in [-0.3, -0.25) is 4.79 Å². The summed E-state index contributed by atoms with van der Waals surface area (Å²) in [5.74, 6) is 0.100. The van der Waals surface area contributed by atoms with Gasteiger partial charge in [0.2, 0.25) is 15.9 Å². The summed E-state index contributed by atoms with van der Waals surface area (Å²) in [4.78, 5) is 28.5. The van der Waals surface area contributed by atoms with Crippen molar-refractivity contribution in [3.8, 4) is 11.5 Å². The van der Waals surface area contributed by atoms with Crippen LogP contribution >= 0.6 is 11.3 Å². The molecule has 2 heterocycles. The van der Waals surface area contributed by atoms with Crippen molar-refractivity contribution in [2.24, 2.45) is 0 Å². The molecule has 10 nitrogen and oxygen atoms in total. The van der Waals surface area contributed by atoms with Crippen LogP contribution in [0, 0.1) is 6.92 Å². The van der Waals surface area contributed by atoms with Gasteiger partial charge < -0.3 is 19.5 Å². The number of esters is 1. The first-order chi connectivity index (χ1) is 15.3. The minimum Gasteiger partial charge on any atom is -0.490 e. The molecule has 0 atom stereocenters. The molecule has 2 aromatic rings. The van der Waals surface area contributed by atoms with E-state index in [0.29, 0.717) is 40.4 Å². The number of nitrogens with zero attached hydrogens (tertiary/aromatic N) is 1. The van der Waals surface area contributed by atoms with Crippen molar-refractivity contribution in [1.29, 1.82) is 0 Å². The van der Waals surface area contributed by atoms with Crippen molar-refractivity contribution in [3.05, 3.63) is 28.8 Å². The van der Waals surface area contributed by atoms with Gasteiger partial charge >= 0.3 is 5.97 Å². The Morgan fingerprint density at radius 3 is 2.72 bits per heavy atom. The molecule has 1 aliphatic rings. The van der Waals surface area contributed by atoms with E-state index in [1.807, 2.05) is 0 Å². The lowest BCUT2D eigenvalue weighted by molar-refractivity contribution is -0.116. The fourth-order valence-electron chi connectivity index (χ4n) is 2.87. The zero-order valence-corrected chi connectivity index (χ0v) is 19.4. The van der Waals surface area contributed by atoms with Crippen molar-refractivity contribution in [3.63, 3.8) is 0 Å². The van der Waals surface area contributed by atoms with Crippen LogP contribution in [-0.2, 0) is 19.6 Å². The molecule has 174 valence electrons. The Balaban J connectivity index is 1.48. The van der Waals surface area contributed by atoms with Gasteiger partial charge in [0, 0.05) is 25.5 Å². The third-order valence-corrected chi connectivity index (χ3v) is 6.92. The van der Waals surface area contributed by atoms with Crippen LogP contribution in [0.25, 0.3) is 0 Å². The van der Waals surface area contributed by atoms with E-state index >= 15 is 0 Å². The van der Waals surface area contributed by atoms with E-state index in [4.69, 9.17) is 14.2 Å². The predicted octanol–water partition coefficient (Wildman–Crippen LogP) is 2.49. The Labute approximate surface area is 190 Å². The van der Waals surface area contributed by atoms with Crippen molar-refractivity contribution in [2.45, 2.75) is 38.0 Å². The first kappa shape index (κ1) is 24.0. The number of anilines is 1. The van der Waals surface area contributed by atoms with Gasteiger partial charge in [-0.05, 0) is 32.4 Å². The summed E-state index contributed by atoms with van der Waals surface area (Å²) in [6, 6.07) is 4.46. The highest BCUT2D eigenvalue weighted by atomic mass is 32.2. The Bertz CT molecular complexity index is 1080. The molecule has 3 rings (SSSR count). The van der Waals surface area contributed by atoms with E-state index < -0.39 is 16.0 Å². The number of nitrogens with one attached hydrogen (secondary N) is 2. The van der Waals surface area contributed by atoms with E-state index in [1.165, 1.54) is 12.1 Å². The second-order valence-electron chi connectivity index (χ2n) is 6.86. The molecule has 0 unspecified atom stereocenters. The number of rotatable bonds is 9. The molecule has 1 amide bonds. The van der Waals surface area contributed by atoms with Gasteiger partial charge in [0.25, 0.3) is 0 Å². The van der Waals surface area contributed by atoms with Gasteiger partial charge in [-0.15, -0.1) is 0 Å². The van der Waals surface area contributed by atoms with Gasteiger partial charge in [0.15, 0.2) is 16.6 Å². The van der Waals surface area contributed by atoms with Gasteiger partial charge in [-0.1, -0.05) is 11.3 Å². The fourth-order valence-corrected chi connectivity index (χ4v) is 4.83. The summed E-state index contributed by atoms with van der Waals surface area (Å²) in [6.07, 6.45) is 1.09. The molecule has 0 bridgehead atoms. The number of sulfonamides is 1. The topological polar surface area (TPSA) is 133 Å². The van der Waals surface area contributed by atoms with Crippen LogP contribution in [0.4, 0.5) is 5.13 Å². The summed E-state index contributed by atoms with van der Waals surface area (Å²) >= 11 is 1.04. The minimum atomic E-state index is -3.76. The SMILES string of the molecule is CCOC(=O)c1sc(NC(=O)CCCNS(=O)(=O)c2ccc3c(c2)OCCCO3)nc1C. The number of amides is 1.